The van der Waals surface area contributed by atoms with Crippen molar-refractivity contribution in [1.82, 2.24) is 9.80 Å². The van der Waals surface area contributed by atoms with Crippen LogP contribution in [0, 0.1) is 5.92 Å². The number of hydrogen-bond donors (Lipinski definition) is 1. The molecule has 3 heterocycles. The van der Waals surface area contributed by atoms with Gasteiger partial charge in [-0.25, -0.2) is 0 Å². The van der Waals surface area contributed by atoms with Crippen LogP contribution in [0.3, 0.4) is 0 Å². The van der Waals surface area contributed by atoms with E-state index in [1.807, 2.05) is 4.90 Å². The maximum atomic E-state index is 13.0. The molecule has 0 spiro atoms. The summed E-state index contributed by atoms with van der Waals surface area (Å²) in [5, 5.41) is 0. The summed E-state index contributed by atoms with van der Waals surface area (Å²) in [5.41, 5.74) is 5.85. The molecule has 22 heavy (non-hydrogen) atoms. The Kier molecular flexibility index (Phi) is 4.95. The van der Waals surface area contributed by atoms with Gasteiger partial charge in [0.2, 0.25) is 11.8 Å². The Bertz CT molecular complexity index is 419. The molecule has 0 radical (unpaired) electrons. The Morgan fingerprint density at radius 1 is 1.05 bits per heavy atom. The summed E-state index contributed by atoms with van der Waals surface area (Å²) < 4.78 is 10.7. The van der Waals surface area contributed by atoms with Crippen LogP contribution in [0.25, 0.3) is 0 Å². The van der Waals surface area contributed by atoms with Crippen molar-refractivity contribution in [3.8, 4) is 0 Å². The second-order valence-corrected chi connectivity index (χ2v) is 6.26. The lowest BCUT2D eigenvalue weighted by atomic mass is 9.89. The molecule has 3 aliphatic heterocycles. The first-order valence-electron chi connectivity index (χ1n) is 8.19. The third-order valence-corrected chi connectivity index (χ3v) is 4.91. The molecule has 2 atom stereocenters. The van der Waals surface area contributed by atoms with Gasteiger partial charge in [0.05, 0.1) is 19.3 Å². The van der Waals surface area contributed by atoms with E-state index in [9.17, 15) is 9.59 Å². The van der Waals surface area contributed by atoms with Crippen LogP contribution in [0.15, 0.2) is 0 Å². The molecule has 0 aromatic rings. The largest absolute Gasteiger partial charge is 0.381 e. The average Bonchev–Trinajstić information content (AvgIpc) is 2.89. The van der Waals surface area contributed by atoms with Crippen LogP contribution in [0.1, 0.15) is 19.3 Å². The monoisotopic (exact) mass is 311 g/mol. The van der Waals surface area contributed by atoms with Crippen molar-refractivity contribution in [3.63, 3.8) is 0 Å². The van der Waals surface area contributed by atoms with Gasteiger partial charge in [-0.15, -0.1) is 0 Å². The van der Waals surface area contributed by atoms with E-state index in [1.54, 1.807) is 4.90 Å². The minimum Gasteiger partial charge on any atom is -0.381 e. The fraction of sp³-hybridized carbons (Fsp3) is 0.867. The van der Waals surface area contributed by atoms with E-state index in [2.05, 4.69) is 0 Å². The van der Waals surface area contributed by atoms with Gasteiger partial charge >= 0.3 is 0 Å². The number of hydrogen-bond acceptors (Lipinski definition) is 5. The van der Waals surface area contributed by atoms with E-state index >= 15 is 0 Å². The summed E-state index contributed by atoms with van der Waals surface area (Å²) in [7, 11) is 0. The highest BCUT2D eigenvalue weighted by Crippen LogP contribution is 2.28. The zero-order chi connectivity index (χ0) is 15.5. The second-order valence-electron chi connectivity index (χ2n) is 6.26. The molecule has 0 aliphatic carbocycles. The number of likely N-dealkylation sites (tertiary alicyclic amines) is 1. The highest BCUT2D eigenvalue weighted by molar-refractivity contribution is 5.91. The van der Waals surface area contributed by atoms with Gasteiger partial charge in [0.15, 0.2) is 0 Å². The molecule has 7 nitrogen and oxygen atoms in total. The summed E-state index contributed by atoms with van der Waals surface area (Å²) in [6.45, 7) is 4.24. The fourth-order valence-corrected chi connectivity index (χ4v) is 3.59. The topological polar surface area (TPSA) is 85.1 Å². The molecule has 7 heteroatoms. The summed E-state index contributed by atoms with van der Waals surface area (Å²) in [6.07, 6.45) is 2.27. The third-order valence-electron chi connectivity index (χ3n) is 4.91. The number of nitrogens with zero attached hydrogens (tertiary/aromatic N) is 2. The van der Waals surface area contributed by atoms with Crippen molar-refractivity contribution in [2.45, 2.75) is 31.3 Å². The molecule has 3 rings (SSSR count). The number of nitrogens with two attached hydrogens (primary N) is 1. The van der Waals surface area contributed by atoms with Crippen LogP contribution in [0.2, 0.25) is 0 Å². The second kappa shape index (κ2) is 6.93. The SMILES string of the molecule is N[C@H]1CCN(C(C(=O)N2CCOCC2)C2CCOCC2)C1=O. The van der Waals surface area contributed by atoms with E-state index in [0.717, 1.165) is 12.8 Å². The molecule has 0 aromatic heterocycles. The fourth-order valence-electron chi connectivity index (χ4n) is 3.59. The Labute approximate surface area is 130 Å². The van der Waals surface area contributed by atoms with Gasteiger partial charge in [0, 0.05) is 32.8 Å². The molecule has 124 valence electrons. The maximum absolute atomic E-state index is 13.0. The first-order chi connectivity index (χ1) is 10.7. The van der Waals surface area contributed by atoms with Crippen molar-refractivity contribution in [3.05, 3.63) is 0 Å². The normalized spacial score (nSPS) is 29.0. The highest BCUT2D eigenvalue weighted by atomic mass is 16.5. The Morgan fingerprint density at radius 2 is 1.68 bits per heavy atom. The Hall–Kier alpha value is -1.18. The number of carbonyl (C=O) groups is 2. The lowest BCUT2D eigenvalue weighted by Gasteiger charge is -2.39. The average molecular weight is 311 g/mol. The van der Waals surface area contributed by atoms with Gasteiger partial charge in [0.25, 0.3) is 0 Å². The van der Waals surface area contributed by atoms with Crippen LogP contribution in [-0.4, -0.2) is 79.8 Å². The van der Waals surface area contributed by atoms with Crippen LogP contribution in [-0.2, 0) is 19.1 Å². The van der Waals surface area contributed by atoms with Gasteiger partial charge in [-0.05, 0) is 25.2 Å². The summed E-state index contributed by atoms with van der Waals surface area (Å²) in [4.78, 5) is 28.9. The zero-order valence-corrected chi connectivity index (χ0v) is 12.9. The Balaban J connectivity index is 1.78. The van der Waals surface area contributed by atoms with Crippen LogP contribution < -0.4 is 5.73 Å². The van der Waals surface area contributed by atoms with Gasteiger partial charge in [-0.2, -0.15) is 0 Å². The molecule has 1 unspecified atom stereocenters. The van der Waals surface area contributed by atoms with Crippen LogP contribution >= 0.6 is 0 Å². The predicted molar refractivity (Wildman–Crippen MR) is 79.0 cm³/mol. The molecule has 2 N–H and O–H groups in total. The molecular formula is C15H25N3O4. The molecule has 0 aromatic carbocycles. The standard InChI is InChI=1S/C15H25N3O4/c16-12-1-4-18(14(12)19)13(11-2-7-21-8-3-11)15(20)17-5-9-22-10-6-17/h11-13H,1-10,16H2/t12-,13?/m0/s1. The minimum atomic E-state index is -0.458. The quantitative estimate of drug-likeness (QED) is 0.737. The first-order valence-corrected chi connectivity index (χ1v) is 8.19. The van der Waals surface area contributed by atoms with Crippen molar-refractivity contribution >= 4 is 11.8 Å². The van der Waals surface area contributed by atoms with E-state index in [4.69, 9.17) is 15.2 Å². The highest BCUT2D eigenvalue weighted by Gasteiger charge is 2.43. The van der Waals surface area contributed by atoms with Crippen LogP contribution in [0.5, 0.6) is 0 Å². The molecule has 0 saturated carbocycles. The summed E-state index contributed by atoms with van der Waals surface area (Å²) in [6, 6.07) is -0.845. The number of ether oxygens (including phenoxy) is 2. The van der Waals surface area contributed by atoms with E-state index in [1.165, 1.54) is 0 Å². The summed E-state index contributed by atoms with van der Waals surface area (Å²) in [5.74, 6) is 0.133. The van der Waals surface area contributed by atoms with Gasteiger partial charge in [-0.1, -0.05) is 0 Å². The number of morpholine rings is 1. The number of amides is 2. The van der Waals surface area contributed by atoms with E-state index in [-0.39, 0.29) is 23.8 Å². The van der Waals surface area contributed by atoms with E-state index < -0.39 is 6.04 Å². The number of rotatable bonds is 3. The zero-order valence-electron chi connectivity index (χ0n) is 12.9. The maximum Gasteiger partial charge on any atom is 0.245 e. The van der Waals surface area contributed by atoms with Gasteiger partial charge in [-0.3, -0.25) is 9.59 Å². The van der Waals surface area contributed by atoms with E-state index in [0.29, 0.717) is 52.5 Å². The minimum absolute atomic E-state index is 0.0534. The molecular weight excluding hydrogens is 286 g/mol. The predicted octanol–water partition coefficient (Wildman–Crippen LogP) is -0.800. The Morgan fingerprint density at radius 3 is 2.27 bits per heavy atom. The van der Waals surface area contributed by atoms with Crippen molar-refractivity contribution < 1.29 is 19.1 Å². The third kappa shape index (κ3) is 3.11. The van der Waals surface area contributed by atoms with Gasteiger partial charge < -0.3 is 25.0 Å². The van der Waals surface area contributed by atoms with Crippen molar-refractivity contribution in [2.24, 2.45) is 11.7 Å². The van der Waals surface area contributed by atoms with Gasteiger partial charge in [0.1, 0.15) is 6.04 Å². The smallest absolute Gasteiger partial charge is 0.245 e. The lowest BCUT2D eigenvalue weighted by Crippen LogP contribution is -2.56. The number of carbonyl (C=O) groups excluding carboxylic acids is 2. The molecule has 3 fully saturated rings. The molecule has 3 saturated heterocycles. The van der Waals surface area contributed by atoms with Crippen LogP contribution in [0.4, 0.5) is 0 Å². The lowest BCUT2D eigenvalue weighted by molar-refractivity contribution is -0.150. The molecule has 0 bridgehead atoms. The summed E-state index contributed by atoms with van der Waals surface area (Å²) >= 11 is 0. The van der Waals surface area contributed by atoms with Crippen molar-refractivity contribution in [1.29, 1.82) is 0 Å². The first kappa shape index (κ1) is 15.7. The molecule has 2 amide bonds. The van der Waals surface area contributed by atoms with Crippen molar-refractivity contribution in [2.75, 3.05) is 46.1 Å². The molecule has 3 aliphatic rings.